The van der Waals surface area contributed by atoms with E-state index in [1.165, 1.54) is 6.26 Å². The number of fused-ring (bicyclic) bond motifs is 2. The Morgan fingerprint density at radius 3 is 2.27 bits per heavy atom. The lowest BCUT2D eigenvalue weighted by atomic mass is 10.0. The number of piperazine rings is 1. The molecule has 20 heteroatoms. The molecule has 1 unspecified atom stereocenters. The number of anilines is 4. The molecule has 19 nitrogen and oxygen atoms in total. The Labute approximate surface area is 369 Å². The number of aromatic nitrogens is 3. The van der Waals surface area contributed by atoms with Gasteiger partial charge in [0.2, 0.25) is 23.7 Å². The second-order valence-electron chi connectivity index (χ2n) is 15.5. The average Bonchev–Trinajstić information content (AvgIpc) is 3.81. The van der Waals surface area contributed by atoms with Crippen molar-refractivity contribution in [3.05, 3.63) is 96.1 Å². The molecule has 3 aliphatic heterocycles. The van der Waals surface area contributed by atoms with Crippen molar-refractivity contribution in [3.8, 4) is 11.3 Å². The smallest absolute Gasteiger partial charge is 0.264 e. The molecule has 0 saturated carbocycles. The molecular weight excluding hydrogens is 845 g/mol. The molecule has 4 N–H and O–H groups in total. The van der Waals surface area contributed by atoms with Crippen LogP contribution in [0.2, 0.25) is 0 Å². The number of hydrogen-bond acceptors (Lipinski definition) is 15. The zero-order chi connectivity index (χ0) is 44.8. The molecule has 5 aromatic rings. The van der Waals surface area contributed by atoms with E-state index in [4.69, 9.17) is 9.47 Å². The third kappa shape index (κ3) is 10.0. The van der Waals surface area contributed by atoms with Crippen LogP contribution in [0.1, 0.15) is 33.6 Å². The number of carbonyl (C=O) groups excluding carboxylic acids is 5. The summed E-state index contributed by atoms with van der Waals surface area (Å²) < 4.78 is 36.8. The second kappa shape index (κ2) is 19.3. The number of sulfone groups is 1. The molecule has 5 heterocycles. The van der Waals surface area contributed by atoms with Gasteiger partial charge in [0.15, 0.2) is 15.5 Å². The summed E-state index contributed by atoms with van der Waals surface area (Å²) in [7, 11) is -3.30. The highest BCUT2D eigenvalue weighted by atomic mass is 32.2. The highest BCUT2D eigenvalue weighted by Gasteiger charge is 2.45. The van der Waals surface area contributed by atoms with Gasteiger partial charge in [0, 0.05) is 74.6 Å². The Kier molecular flexibility index (Phi) is 13.3. The van der Waals surface area contributed by atoms with E-state index in [1.54, 1.807) is 47.0 Å². The standard InChI is InChI=1S/C44H48N10O9S/c1-64(60,61)32-14-8-29(9-15-32)35-6-3-7-37-48-44(50-54(35)37)47-30-10-12-31(13-11-30)52-22-20-51(21-23-52)28-39(56)46-19-25-63-27-26-62-24-18-45-34-5-2-4-33-40(34)43(59)53(42(33)58)36-16-17-38(55)49-41(36)57/h2-15,36,45H,16-28H2,1H3,(H,46,56)(H,47,50)(H,49,55,57). The largest absolute Gasteiger partial charge is 0.382 e. The van der Waals surface area contributed by atoms with Crippen molar-refractivity contribution >= 4 is 68.0 Å². The number of carbonyl (C=O) groups is 5. The summed E-state index contributed by atoms with van der Waals surface area (Å²) in [5.41, 5.74) is 4.99. The molecule has 0 spiro atoms. The fourth-order valence-corrected chi connectivity index (χ4v) is 8.49. The van der Waals surface area contributed by atoms with E-state index in [0.29, 0.717) is 63.3 Å². The minimum atomic E-state index is -3.30. The van der Waals surface area contributed by atoms with Gasteiger partial charge in [0.25, 0.3) is 11.8 Å². The molecule has 3 aliphatic rings. The number of benzene rings is 3. The predicted octanol–water partition coefficient (Wildman–Crippen LogP) is 2.33. The fraction of sp³-hybridized carbons (Fsp3) is 0.341. The van der Waals surface area contributed by atoms with Gasteiger partial charge < -0.3 is 30.3 Å². The molecule has 3 aromatic carbocycles. The molecule has 2 saturated heterocycles. The number of amides is 5. The first kappa shape index (κ1) is 43.9. The topological polar surface area (TPSA) is 226 Å². The van der Waals surface area contributed by atoms with E-state index >= 15 is 0 Å². The van der Waals surface area contributed by atoms with Crippen LogP contribution in [0.5, 0.6) is 0 Å². The van der Waals surface area contributed by atoms with E-state index in [0.717, 1.165) is 53.7 Å². The number of imide groups is 2. The summed E-state index contributed by atoms with van der Waals surface area (Å²) in [5.74, 6) is -1.86. The van der Waals surface area contributed by atoms with Crippen molar-refractivity contribution in [2.24, 2.45) is 0 Å². The number of rotatable bonds is 18. The summed E-state index contributed by atoms with van der Waals surface area (Å²) in [6, 6.07) is 24.2. The van der Waals surface area contributed by atoms with Gasteiger partial charge in [0.05, 0.1) is 54.7 Å². The molecule has 0 radical (unpaired) electrons. The molecule has 1 atom stereocenters. The van der Waals surface area contributed by atoms with Gasteiger partial charge in [-0.15, -0.1) is 5.10 Å². The molecule has 2 aromatic heterocycles. The molecule has 2 fully saturated rings. The van der Waals surface area contributed by atoms with E-state index in [2.05, 4.69) is 41.1 Å². The first-order valence-electron chi connectivity index (χ1n) is 20.9. The Bertz CT molecular complexity index is 2670. The molecule has 64 heavy (non-hydrogen) atoms. The minimum Gasteiger partial charge on any atom is -0.382 e. The third-order valence-corrected chi connectivity index (χ3v) is 12.3. The van der Waals surface area contributed by atoms with E-state index in [-0.39, 0.29) is 34.8 Å². The number of ether oxygens (including phenoxy) is 2. The minimum absolute atomic E-state index is 0.0517. The Balaban J connectivity index is 0.690. The van der Waals surface area contributed by atoms with E-state index < -0.39 is 39.5 Å². The molecule has 8 rings (SSSR count). The van der Waals surface area contributed by atoms with Crippen LogP contribution >= 0.6 is 0 Å². The third-order valence-electron chi connectivity index (χ3n) is 11.1. The van der Waals surface area contributed by atoms with Gasteiger partial charge >= 0.3 is 0 Å². The Hall–Kier alpha value is -6.74. The molecule has 334 valence electrons. The lowest BCUT2D eigenvalue weighted by Crippen LogP contribution is -2.54. The fourth-order valence-electron chi connectivity index (χ4n) is 7.86. The van der Waals surface area contributed by atoms with Gasteiger partial charge in [-0.25, -0.2) is 12.9 Å². The number of piperidine rings is 1. The maximum absolute atomic E-state index is 13.2. The maximum atomic E-state index is 13.2. The van der Waals surface area contributed by atoms with Crippen LogP contribution in [0.25, 0.3) is 16.9 Å². The van der Waals surface area contributed by atoms with Crippen LogP contribution < -0.4 is 26.2 Å². The summed E-state index contributed by atoms with van der Waals surface area (Å²) in [6.45, 7) is 5.33. The second-order valence-corrected chi connectivity index (χ2v) is 17.5. The molecule has 0 aliphatic carbocycles. The van der Waals surface area contributed by atoms with Gasteiger partial charge in [-0.1, -0.05) is 24.3 Å². The Morgan fingerprint density at radius 2 is 1.55 bits per heavy atom. The molecule has 5 amide bonds. The van der Waals surface area contributed by atoms with Gasteiger partial charge in [-0.2, -0.15) is 4.98 Å². The van der Waals surface area contributed by atoms with Crippen molar-refractivity contribution in [2.75, 3.05) is 94.0 Å². The van der Waals surface area contributed by atoms with Crippen molar-refractivity contribution in [1.29, 1.82) is 0 Å². The number of nitrogens with zero attached hydrogens (tertiary/aromatic N) is 6. The molecular formula is C44H48N10O9S. The SMILES string of the molecule is CS(=O)(=O)c1ccc(-c2cccc3nc(Nc4ccc(N5CCN(CC(=O)NCCOCCOCCNc6cccc7c6C(=O)N(C6CCC(=O)NC6=O)C7=O)CC5)cc4)nn23)cc1. The van der Waals surface area contributed by atoms with Crippen molar-refractivity contribution in [2.45, 2.75) is 23.8 Å². The first-order chi connectivity index (χ1) is 30.9. The quantitative estimate of drug-likeness (QED) is 0.0732. The van der Waals surface area contributed by atoms with Crippen molar-refractivity contribution in [3.63, 3.8) is 0 Å². The van der Waals surface area contributed by atoms with E-state index in [1.807, 2.05) is 42.5 Å². The first-order valence-corrected chi connectivity index (χ1v) is 22.8. The lowest BCUT2D eigenvalue weighted by molar-refractivity contribution is -0.136. The van der Waals surface area contributed by atoms with Crippen LogP contribution in [0.4, 0.5) is 23.0 Å². The van der Waals surface area contributed by atoms with Crippen molar-refractivity contribution < 1.29 is 41.9 Å². The van der Waals surface area contributed by atoms with Gasteiger partial charge in [-0.05, 0) is 67.1 Å². The normalized spacial score (nSPS) is 16.9. The van der Waals surface area contributed by atoms with Crippen LogP contribution in [0.15, 0.2) is 89.8 Å². The number of nitrogens with one attached hydrogen (secondary N) is 4. The van der Waals surface area contributed by atoms with Crippen LogP contribution in [-0.4, -0.2) is 147 Å². The zero-order valence-electron chi connectivity index (χ0n) is 35.1. The zero-order valence-corrected chi connectivity index (χ0v) is 35.9. The number of hydrogen-bond donors (Lipinski definition) is 4. The summed E-state index contributed by atoms with van der Waals surface area (Å²) in [5, 5.41) is 16.2. The Morgan fingerprint density at radius 1 is 0.828 bits per heavy atom. The summed E-state index contributed by atoms with van der Waals surface area (Å²) in [6.07, 6.45) is 1.32. The highest BCUT2D eigenvalue weighted by molar-refractivity contribution is 7.90. The van der Waals surface area contributed by atoms with Gasteiger partial charge in [0.1, 0.15) is 6.04 Å². The predicted molar refractivity (Wildman–Crippen MR) is 236 cm³/mol. The average molecular weight is 893 g/mol. The highest BCUT2D eigenvalue weighted by Crippen LogP contribution is 2.32. The lowest BCUT2D eigenvalue weighted by Gasteiger charge is -2.35. The van der Waals surface area contributed by atoms with Crippen molar-refractivity contribution in [1.82, 2.24) is 35.0 Å². The molecule has 0 bridgehead atoms. The van der Waals surface area contributed by atoms with Crippen LogP contribution in [-0.2, 0) is 33.7 Å². The van der Waals surface area contributed by atoms with Crippen LogP contribution in [0, 0.1) is 0 Å². The van der Waals surface area contributed by atoms with Crippen LogP contribution in [0.3, 0.4) is 0 Å². The van der Waals surface area contributed by atoms with Gasteiger partial charge in [-0.3, -0.25) is 39.1 Å². The maximum Gasteiger partial charge on any atom is 0.264 e. The van der Waals surface area contributed by atoms with E-state index in [9.17, 15) is 32.4 Å². The summed E-state index contributed by atoms with van der Waals surface area (Å²) >= 11 is 0. The monoisotopic (exact) mass is 892 g/mol. The number of pyridine rings is 1. The summed E-state index contributed by atoms with van der Waals surface area (Å²) in [4.78, 5) is 73.1.